The average molecular weight is 280 g/mol. The molecule has 0 N–H and O–H groups in total. The first-order chi connectivity index (χ1) is 6.96. The van der Waals surface area contributed by atoms with Crippen LogP contribution in [-0.4, -0.2) is 20.7 Å². The predicted molar refractivity (Wildman–Crippen MR) is 51.3 cm³/mol. The number of pyridine rings is 1. The van der Waals surface area contributed by atoms with E-state index >= 15 is 0 Å². The summed E-state index contributed by atoms with van der Waals surface area (Å²) in [5.41, 5.74) is 0.858. The van der Waals surface area contributed by atoms with E-state index in [-0.39, 0.29) is 0 Å². The maximum Gasteiger partial charge on any atom is 0.406 e. The summed E-state index contributed by atoms with van der Waals surface area (Å²) in [5.74, 6) is 0. The van der Waals surface area contributed by atoms with Crippen molar-refractivity contribution in [3.63, 3.8) is 0 Å². The molecule has 0 saturated heterocycles. The van der Waals surface area contributed by atoms with Crippen LogP contribution in [0.25, 0.3) is 11.0 Å². The van der Waals surface area contributed by atoms with Crippen LogP contribution in [0.3, 0.4) is 0 Å². The highest BCUT2D eigenvalue weighted by atomic mass is 79.9. The molecule has 0 aromatic carbocycles. The highest BCUT2D eigenvalue weighted by Gasteiger charge is 2.28. The van der Waals surface area contributed by atoms with E-state index in [0.717, 1.165) is 10.9 Å². The summed E-state index contributed by atoms with van der Waals surface area (Å²) in [6, 6.07) is 1.51. The lowest BCUT2D eigenvalue weighted by molar-refractivity contribution is -0.139. The van der Waals surface area contributed by atoms with E-state index in [9.17, 15) is 13.2 Å². The lowest BCUT2D eigenvalue weighted by Crippen LogP contribution is -2.16. The van der Waals surface area contributed by atoms with Gasteiger partial charge in [-0.15, -0.1) is 0 Å². The molecule has 2 aromatic rings. The molecule has 2 rings (SSSR count). The Hall–Kier alpha value is -1.11. The molecule has 7 heteroatoms. The van der Waals surface area contributed by atoms with Crippen molar-refractivity contribution < 1.29 is 13.2 Å². The van der Waals surface area contributed by atoms with Crippen LogP contribution in [0.2, 0.25) is 0 Å². The van der Waals surface area contributed by atoms with Gasteiger partial charge < -0.3 is 4.57 Å². The molecular weight excluding hydrogens is 275 g/mol. The van der Waals surface area contributed by atoms with Crippen LogP contribution in [0, 0.1) is 0 Å². The topological polar surface area (TPSA) is 30.7 Å². The third-order valence-electron chi connectivity index (χ3n) is 1.82. The number of imidazole rings is 1. The molecule has 0 aliphatic rings. The van der Waals surface area contributed by atoms with Crippen molar-refractivity contribution in [1.29, 1.82) is 0 Å². The molecule has 0 radical (unpaired) electrons. The number of rotatable bonds is 1. The summed E-state index contributed by atoms with van der Waals surface area (Å²) in [7, 11) is 0. The fourth-order valence-corrected chi connectivity index (χ4v) is 1.57. The molecule has 0 unspecified atom stereocenters. The molecule has 2 aromatic heterocycles. The first-order valence-corrected chi connectivity index (χ1v) is 4.78. The average Bonchev–Trinajstić information content (AvgIpc) is 2.46. The lowest BCUT2D eigenvalue weighted by atomic mass is 10.4. The molecule has 0 atom stereocenters. The minimum Gasteiger partial charge on any atom is -0.321 e. The summed E-state index contributed by atoms with van der Waals surface area (Å²) in [5, 5.41) is 0. The smallest absolute Gasteiger partial charge is 0.321 e. The highest BCUT2D eigenvalue weighted by molar-refractivity contribution is 9.10. The third kappa shape index (κ3) is 2.28. The number of nitrogens with zero attached hydrogens (tertiary/aromatic N) is 3. The SMILES string of the molecule is FC(F)(F)Cn1cnc2cnc(Br)cc21. The van der Waals surface area contributed by atoms with E-state index in [4.69, 9.17) is 0 Å². The van der Waals surface area contributed by atoms with Gasteiger partial charge >= 0.3 is 6.18 Å². The fourth-order valence-electron chi connectivity index (χ4n) is 1.26. The molecule has 0 amide bonds. The van der Waals surface area contributed by atoms with E-state index in [1.54, 1.807) is 0 Å². The monoisotopic (exact) mass is 279 g/mol. The van der Waals surface area contributed by atoms with E-state index in [1.165, 1.54) is 12.3 Å². The molecule has 0 aliphatic carbocycles. The number of aromatic nitrogens is 3. The first kappa shape index (κ1) is 10.4. The largest absolute Gasteiger partial charge is 0.406 e. The van der Waals surface area contributed by atoms with Gasteiger partial charge in [0, 0.05) is 0 Å². The van der Waals surface area contributed by atoms with E-state index < -0.39 is 12.7 Å². The molecular formula is C8H5BrF3N3. The van der Waals surface area contributed by atoms with Crippen LogP contribution in [0.5, 0.6) is 0 Å². The Morgan fingerprint density at radius 1 is 1.33 bits per heavy atom. The van der Waals surface area contributed by atoms with Gasteiger partial charge in [-0.05, 0) is 22.0 Å². The Balaban J connectivity index is 2.48. The molecule has 15 heavy (non-hydrogen) atoms. The zero-order valence-corrected chi connectivity index (χ0v) is 8.88. The van der Waals surface area contributed by atoms with Crippen molar-refractivity contribution in [2.45, 2.75) is 12.7 Å². The number of hydrogen-bond acceptors (Lipinski definition) is 2. The van der Waals surface area contributed by atoms with Crippen LogP contribution >= 0.6 is 15.9 Å². The minimum atomic E-state index is -4.25. The summed E-state index contributed by atoms with van der Waals surface area (Å²) < 4.78 is 38.0. The van der Waals surface area contributed by atoms with Crippen molar-refractivity contribution in [2.24, 2.45) is 0 Å². The molecule has 0 spiro atoms. The zero-order chi connectivity index (χ0) is 11.1. The second kappa shape index (κ2) is 3.48. The molecule has 3 nitrogen and oxygen atoms in total. The normalized spacial score (nSPS) is 12.3. The van der Waals surface area contributed by atoms with Crippen LogP contribution in [0.1, 0.15) is 0 Å². The van der Waals surface area contributed by atoms with Gasteiger partial charge in [0.2, 0.25) is 0 Å². The number of halogens is 4. The van der Waals surface area contributed by atoms with Gasteiger partial charge in [-0.2, -0.15) is 13.2 Å². The van der Waals surface area contributed by atoms with E-state index in [2.05, 4.69) is 25.9 Å². The number of fused-ring (bicyclic) bond motifs is 1. The van der Waals surface area contributed by atoms with Crippen molar-refractivity contribution in [1.82, 2.24) is 14.5 Å². The van der Waals surface area contributed by atoms with E-state index in [1.807, 2.05) is 0 Å². The maximum atomic E-state index is 12.2. The molecule has 2 heterocycles. The van der Waals surface area contributed by atoms with Gasteiger partial charge in [-0.25, -0.2) is 9.97 Å². The molecule has 80 valence electrons. The van der Waals surface area contributed by atoms with Gasteiger partial charge in [0.25, 0.3) is 0 Å². The summed E-state index contributed by atoms with van der Waals surface area (Å²) >= 11 is 3.10. The Bertz CT molecular complexity index is 491. The zero-order valence-electron chi connectivity index (χ0n) is 7.29. The fraction of sp³-hybridized carbons (Fsp3) is 0.250. The van der Waals surface area contributed by atoms with Crippen molar-refractivity contribution in [3.8, 4) is 0 Å². The highest BCUT2D eigenvalue weighted by Crippen LogP contribution is 2.22. The molecule has 0 aliphatic heterocycles. The van der Waals surface area contributed by atoms with Crippen LogP contribution in [0.15, 0.2) is 23.2 Å². The Morgan fingerprint density at radius 3 is 2.73 bits per heavy atom. The second-order valence-electron chi connectivity index (χ2n) is 2.98. The van der Waals surface area contributed by atoms with Gasteiger partial charge in [-0.1, -0.05) is 0 Å². The lowest BCUT2D eigenvalue weighted by Gasteiger charge is -2.07. The quantitative estimate of drug-likeness (QED) is 0.752. The second-order valence-corrected chi connectivity index (χ2v) is 3.80. The summed E-state index contributed by atoms with van der Waals surface area (Å²) in [6.45, 7) is -1.04. The van der Waals surface area contributed by atoms with Gasteiger partial charge in [0.15, 0.2) is 0 Å². The van der Waals surface area contributed by atoms with Crippen molar-refractivity contribution >= 4 is 27.0 Å². The van der Waals surface area contributed by atoms with Gasteiger partial charge in [-0.3, -0.25) is 0 Å². The van der Waals surface area contributed by atoms with Gasteiger partial charge in [0.1, 0.15) is 16.7 Å². The minimum absolute atomic E-state index is 0.411. The molecule has 0 fully saturated rings. The number of hydrogen-bond donors (Lipinski definition) is 0. The standard InChI is InChI=1S/C8H5BrF3N3/c9-7-1-6-5(2-13-7)14-4-15(6)3-8(10,11)12/h1-2,4H,3H2. The van der Waals surface area contributed by atoms with Crippen LogP contribution in [0.4, 0.5) is 13.2 Å². The van der Waals surface area contributed by atoms with E-state index in [0.29, 0.717) is 15.6 Å². The summed E-state index contributed by atoms with van der Waals surface area (Å²) in [4.78, 5) is 7.70. The molecule has 0 bridgehead atoms. The Morgan fingerprint density at radius 2 is 2.07 bits per heavy atom. The summed E-state index contributed by atoms with van der Waals surface area (Å²) in [6.07, 6.45) is -1.66. The third-order valence-corrected chi connectivity index (χ3v) is 2.26. The number of alkyl halides is 3. The Kier molecular flexibility index (Phi) is 2.41. The van der Waals surface area contributed by atoms with Crippen LogP contribution in [-0.2, 0) is 6.54 Å². The predicted octanol–water partition coefficient (Wildman–Crippen LogP) is 2.76. The van der Waals surface area contributed by atoms with Crippen LogP contribution < -0.4 is 0 Å². The Labute approximate surface area is 91.1 Å². The maximum absolute atomic E-state index is 12.2. The molecule has 0 saturated carbocycles. The van der Waals surface area contributed by atoms with Crippen molar-refractivity contribution in [3.05, 3.63) is 23.2 Å². The van der Waals surface area contributed by atoms with Gasteiger partial charge in [0.05, 0.1) is 18.0 Å². The van der Waals surface area contributed by atoms with Crippen molar-refractivity contribution in [2.75, 3.05) is 0 Å². The first-order valence-electron chi connectivity index (χ1n) is 3.99.